The molecule has 0 amide bonds. The molecule has 0 unspecified atom stereocenters. The topological polar surface area (TPSA) is 52.9 Å². The summed E-state index contributed by atoms with van der Waals surface area (Å²) in [6.45, 7) is 2.23. The minimum atomic E-state index is 0.0837. The van der Waals surface area contributed by atoms with Crippen molar-refractivity contribution in [1.82, 2.24) is 4.90 Å². The van der Waals surface area contributed by atoms with E-state index >= 15 is 0 Å². The Bertz CT molecular complexity index is 423. The van der Waals surface area contributed by atoms with Gasteiger partial charge in [-0.1, -0.05) is 17.9 Å². The van der Waals surface area contributed by atoms with Crippen LogP contribution in [0.25, 0.3) is 0 Å². The van der Waals surface area contributed by atoms with Crippen LogP contribution in [0.4, 0.5) is 0 Å². The largest absolute Gasteiger partial charge is 0.492 e. The number of hydrogen-bond acceptors (Lipinski definition) is 4. The van der Waals surface area contributed by atoms with E-state index in [1.54, 1.807) is 0 Å². The summed E-state index contributed by atoms with van der Waals surface area (Å²) >= 11 is 0. The zero-order valence-corrected chi connectivity index (χ0v) is 11.3. The van der Waals surface area contributed by atoms with Crippen LogP contribution in [-0.4, -0.2) is 55.1 Å². The summed E-state index contributed by atoms with van der Waals surface area (Å²) < 4.78 is 5.63. The van der Waals surface area contributed by atoms with Crippen molar-refractivity contribution in [2.45, 2.75) is 6.42 Å². The quantitative estimate of drug-likeness (QED) is 0.712. The van der Waals surface area contributed by atoms with E-state index in [1.807, 2.05) is 36.2 Å². The highest BCUT2D eigenvalue weighted by Crippen LogP contribution is 2.12. The highest BCUT2D eigenvalue weighted by Gasteiger charge is 1.98. The van der Waals surface area contributed by atoms with Crippen LogP contribution >= 0.6 is 0 Å². The van der Waals surface area contributed by atoms with Gasteiger partial charge in [-0.05, 0) is 25.2 Å². The maximum Gasteiger partial charge on any atom is 0.120 e. The normalized spacial score (nSPS) is 10.1. The molecule has 0 atom stereocenters. The molecule has 0 aliphatic carbocycles. The SMILES string of the molecule is CN(CCO)CCOc1cccc(C#CCCO)c1. The third-order valence-electron chi connectivity index (χ3n) is 2.53. The number of aliphatic hydroxyl groups excluding tert-OH is 2. The lowest BCUT2D eigenvalue weighted by Gasteiger charge is -2.15. The van der Waals surface area contributed by atoms with Crippen molar-refractivity contribution in [3.63, 3.8) is 0 Å². The molecule has 4 heteroatoms. The fourth-order valence-corrected chi connectivity index (χ4v) is 1.49. The highest BCUT2D eigenvalue weighted by molar-refractivity contribution is 5.39. The van der Waals surface area contributed by atoms with E-state index in [2.05, 4.69) is 11.8 Å². The van der Waals surface area contributed by atoms with Gasteiger partial charge in [0.05, 0.1) is 13.2 Å². The number of ether oxygens (including phenoxy) is 1. The highest BCUT2D eigenvalue weighted by atomic mass is 16.5. The van der Waals surface area contributed by atoms with E-state index < -0.39 is 0 Å². The second-order valence-electron chi connectivity index (χ2n) is 4.18. The summed E-state index contributed by atoms with van der Waals surface area (Å²) in [5, 5.41) is 17.4. The number of nitrogens with zero attached hydrogens (tertiary/aromatic N) is 1. The summed E-state index contributed by atoms with van der Waals surface area (Å²) in [4.78, 5) is 2.00. The zero-order valence-electron chi connectivity index (χ0n) is 11.3. The van der Waals surface area contributed by atoms with Crippen molar-refractivity contribution >= 4 is 0 Å². The van der Waals surface area contributed by atoms with Crippen LogP contribution in [0.2, 0.25) is 0 Å². The summed E-state index contributed by atoms with van der Waals surface area (Å²) in [5.41, 5.74) is 0.884. The van der Waals surface area contributed by atoms with Crippen LogP contribution in [0.1, 0.15) is 12.0 Å². The van der Waals surface area contributed by atoms with Crippen LogP contribution in [0, 0.1) is 11.8 Å². The molecule has 4 nitrogen and oxygen atoms in total. The van der Waals surface area contributed by atoms with E-state index in [-0.39, 0.29) is 13.2 Å². The van der Waals surface area contributed by atoms with E-state index in [0.29, 0.717) is 19.6 Å². The molecule has 1 aromatic rings. The van der Waals surface area contributed by atoms with Gasteiger partial charge in [-0.25, -0.2) is 0 Å². The van der Waals surface area contributed by atoms with Crippen molar-refractivity contribution in [1.29, 1.82) is 0 Å². The van der Waals surface area contributed by atoms with Gasteiger partial charge in [0.1, 0.15) is 12.4 Å². The Hall–Kier alpha value is -1.54. The predicted octanol–water partition coefficient (Wildman–Crippen LogP) is 0.723. The van der Waals surface area contributed by atoms with E-state index in [9.17, 15) is 0 Å². The van der Waals surface area contributed by atoms with E-state index in [1.165, 1.54) is 0 Å². The average Bonchev–Trinajstić information content (AvgIpc) is 2.40. The number of likely N-dealkylation sites (N-methyl/N-ethyl adjacent to an activating group) is 1. The third kappa shape index (κ3) is 6.82. The van der Waals surface area contributed by atoms with E-state index in [0.717, 1.165) is 17.9 Å². The molecule has 0 aliphatic heterocycles. The van der Waals surface area contributed by atoms with Crippen molar-refractivity contribution in [2.75, 3.05) is 40.0 Å². The molecule has 1 aromatic carbocycles. The summed E-state index contributed by atoms with van der Waals surface area (Å²) in [6.07, 6.45) is 0.483. The van der Waals surface area contributed by atoms with Crippen LogP contribution in [0.5, 0.6) is 5.75 Å². The molecule has 0 heterocycles. The van der Waals surface area contributed by atoms with Crippen molar-refractivity contribution in [2.24, 2.45) is 0 Å². The summed E-state index contributed by atoms with van der Waals surface area (Å²) in [7, 11) is 1.94. The Morgan fingerprint density at radius 3 is 2.79 bits per heavy atom. The van der Waals surface area contributed by atoms with Gasteiger partial charge >= 0.3 is 0 Å². The van der Waals surface area contributed by atoms with Gasteiger partial charge < -0.3 is 19.8 Å². The van der Waals surface area contributed by atoms with Gasteiger partial charge in [0.2, 0.25) is 0 Å². The molecule has 1 rings (SSSR count). The molecular formula is C15H21NO3. The number of rotatable bonds is 7. The maximum atomic E-state index is 8.78. The Labute approximate surface area is 114 Å². The Balaban J connectivity index is 2.42. The lowest BCUT2D eigenvalue weighted by molar-refractivity contribution is 0.192. The first-order valence-corrected chi connectivity index (χ1v) is 6.38. The van der Waals surface area contributed by atoms with E-state index in [4.69, 9.17) is 14.9 Å². The molecule has 2 N–H and O–H groups in total. The second-order valence-corrected chi connectivity index (χ2v) is 4.18. The molecular weight excluding hydrogens is 242 g/mol. The van der Waals surface area contributed by atoms with Crippen LogP contribution < -0.4 is 4.74 Å². The van der Waals surface area contributed by atoms with Gasteiger partial charge in [-0.15, -0.1) is 0 Å². The molecule has 0 aliphatic rings. The van der Waals surface area contributed by atoms with Crippen molar-refractivity contribution in [3.05, 3.63) is 29.8 Å². The molecule has 0 fully saturated rings. The lowest BCUT2D eigenvalue weighted by Crippen LogP contribution is -2.27. The van der Waals surface area contributed by atoms with Crippen molar-refractivity contribution < 1.29 is 14.9 Å². The fourth-order valence-electron chi connectivity index (χ4n) is 1.49. The lowest BCUT2D eigenvalue weighted by atomic mass is 10.2. The standard InChI is InChI=1S/C15H21NO3/c1-16(8-11-18)9-12-19-15-7-4-6-14(13-15)5-2-3-10-17/h4,6-7,13,17-18H,3,8-12H2,1H3. The van der Waals surface area contributed by atoms with Gasteiger partial charge in [0.25, 0.3) is 0 Å². The minimum absolute atomic E-state index is 0.0837. The molecule has 19 heavy (non-hydrogen) atoms. The second kappa shape index (κ2) is 9.40. The predicted molar refractivity (Wildman–Crippen MR) is 75.1 cm³/mol. The van der Waals surface area contributed by atoms with Gasteiger partial charge in [-0.3, -0.25) is 0 Å². The molecule has 0 radical (unpaired) electrons. The Morgan fingerprint density at radius 1 is 1.21 bits per heavy atom. The third-order valence-corrected chi connectivity index (χ3v) is 2.53. The van der Waals surface area contributed by atoms with Crippen molar-refractivity contribution in [3.8, 4) is 17.6 Å². The number of aliphatic hydroxyl groups is 2. The smallest absolute Gasteiger partial charge is 0.120 e. The Kier molecular flexibility index (Phi) is 7.68. The molecule has 0 aromatic heterocycles. The Morgan fingerprint density at radius 2 is 2.05 bits per heavy atom. The fraction of sp³-hybridized carbons (Fsp3) is 0.467. The molecule has 0 bridgehead atoms. The molecule has 104 valence electrons. The maximum absolute atomic E-state index is 8.78. The summed E-state index contributed by atoms with van der Waals surface area (Å²) in [5.74, 6) is 6.64. The molecule has 0 saturated carbocycles. The number of hydrogen-bond donors (Lipinski definition) is 2. The molecule has 0 saturated heterocycles. The van der Waals surface area contributed by atoms with Crippen LogP contribution in [0.15, 0.2) is 24.3 Å². The minimum Gasteiger partial charge on any atom is -0.492 e. The van der Waals surface area contributed by atoms with Gasteiger partial charge in [-0.2, -0.15) is 0 Å². The van der Waals surface area contributed by atoms with Crippen LogP contribution in [0.3, 0.4) is 0 Å². The first-order chi connectivity index (χ1) is 9.26. The molecule has 0 spiro atoms. The van der Waals surface area contributed by atoms with Gasteiger partial charge in [0.15, 0.2) is 0 Å². The zero-order chi connectivity index (χ0) is 13.9. The van der Waals surface area contributed by atoms with Crippen LogP contribution in [-0.2, 0) is 0 Å². The average molecular weight is 263 g/mol. The number of benzene rings is 1. The first kappa shape index (κ1) is 15.5. The first-order valence-electron chi connectivity index (χ1n) is 6.38. The monoisotopic (exact) mass is 263 g/mol. The summed E-state index contributed by atoms with van der Waals surface area (Å²) in [6, 6.07) is 7.59. The van der Waals surface area contributed by atoms with Gasteiger partial charge in [0, 0.05) is 25.1 Å².